The molecular weight excluding hydrogens is 200 g/mol. The molecule has 2 atom stereocenters. The first-order chi connectivity index (χ1) is 7.53. The minimum absolute atomic E-state index is 0.214. The number of hydrogen-bond donors (Lipinski definition) is 0. The predicted octanol–water partition coefficient (Wildman–Crippen LogP) is 3.31. The molecular formula is C14H22O2. The first-order valence-corrected chi connectivity index (χ1v) is 6.16. The molecule has 0 radical (unpaired) electrons. The maximum absolute atomic E-state index is 11.5. The molecule has 0 fully saturated rings. The van der Waals surface area contributed by atoms with Crippen molar-refractivity contribution in [3.63, 3.8) is 0 Å². The summed E-state index contributed by atoms with van der Waals surface area (Å²) in [6.45, 7) is 5.82. The minimum Gasteiger partial charge on any atom is -0.302 e. The summed E-state index contributed by atoms with van der Waals surface area (Å²) < 4.78 is 0. The number of carbonyl (C=O) groups excluding carboxylic acids is 2. The SMILES string of the molecule is CC(=O)CCCC1(C=O)C(C)=CCCC1C. The zero-order valence-corrected chi connectivity index (χ0v) is 10.6. The van der Waals surface area contributed by atoms with Crippen LogP contribution >= 0.6 is 0 Å². The van der Waals surface area contributed by atoms with E-state index in [1.807, 2.05) is 0 Å². The molecule has 1 aliphatic carbocycles. The number of rotatable bonds is 5. The van der Waals surface area contributed by atoms with Crippen LogP contribution in [0.15, 0.2) is 11.6 Å². The van der Waals surface area contributed by atoms with Crippen LogP contribution in [0.5, 0.6) is 0 Å². The van der Waals surface area contributed by atoms with Gasteiger partial charge in [-0.15, -0.1) is 0 Å². The highest BCUT2D eigenvalue weighted by molar-refractivity contribution is 5.75. The molecule has 0 aromatic heterocycles. The Labute approximate surface area is 98.1 Å². The van der Waals surface area contributed by atoms with Gasteiger partial charge in [0, 0.05) is 11.8 Å². The molecule has 16 heavy (non-hydrogen) atoms. The Morgan fingerprint density at radius 3 is 2.81 bits per heavy atom. The second-order valence-electron chi connectivity index (χ2n) is 5.08. The van der Waals surface area contributed by atoms with Gasteiger partial charge in [-0.2, -0.15) is 0 Å². The van der Waals surface area contributed by atoms with Crippen LogP contribution in [0.2, 0.25) is 0 Å². The summed E-state index contributed by atoms with van der Waals surface area (Å²) in [6.07, 6.45) is 7.69. The van der Waals surface area contributed by atoms with Gasteiger partial charge in [0.15, 0.2) is 0 Å². The molecule has 1 aliphatic rings. The van der Waals surface area contributed by atoms with Gasteiger partial charge in [-0.25, -0.2) is 0 Å². The highest BCUT2D eigenvalue weighted by Gasteiger charge is 2.38. The minimum atomic E-state index is -0.298. The third-order valence-corrected chi connectivity index (χ3v) is 3.99. The van der Waals surface area contributed by atoms with Gasteiger partial charge in [-0.1, -0.05) is 18.6 Å². The lowest BCUT2D eigenvalue weighted by Gasteiger charge is -2.38. The molecule has 0 heterocycles. The van der Waals surface area contributed by atoms with Crippen LogP contribution in [0.3, 0.4) is 0 Å². The summed E-state index contributed by atoms with van der Waals surface area (Å²) in [5.74, 6) is 0.619. The maximum atomic E-state index is 11.5. The molecule has 90 valence electrons. The third-order valence-electron chi connectivity index (χ3n) is 3.99. The van der Waals surface area contributed by atoms with Gasteiger partial charge in [-0.3, -0.25) is 0 Å². The van der Waals surface area contributed by atoms with Crippen LogP contribution in [-0.2, 0) is 9.59 Å². The van der Waals surface area contributed by atoms with E-state index in [2.05, 4.69) is 19.9 Å². The molecule has 0 spiro atoms. The van der Waals surface area contributed by atoms with Crippen molar-refractivity contribution in [2.75, 3.05) is 0 Å². The van der Waals surface area contributed by atoms with E-state index < -0.39 is 0 Å². The predicted molar refractivity (Wildman–Crippen MR) is 65.2 cm³/mol. The van der Waals surface area contributed by atoms with Gasteiger partial charge in [0.05, 0.1) is 0 Å². The Balaban J connectivity index is 2.74. The van der Waals surface area contributed by atoms with Crippen LogP contribution in [0.1, 0.15) is 52.9 Å². The second-order valence-corrected chi connectivity index (χ2v) is 5.08. The van der Waals surface area contributed by atoms with Crippen molar-refractivity contribution >= 4 is 12.1 Å². The van der Waals surface area contributed by atoms with Gasteiger partial charge in [0.1, 0.15) is 12.1 Å². The highest BCUT2D eigenvalue weighted by atomic mass is 16.1. The topological polar surface area (TPSA) is 34.1 Å². The zero-order valence-electron chi connectivity index (χ0n) is 10.6. The average Bonchev–Trinajstić information content (AvgIpc) is 2.22. The Morgan fingerprint density at radius 1 is 1.62 bits per heavy atom. The van der Waals surface area contributed by atoms with E-state index in [0.717, 1.165) is 32.0 Å². The molecule has 2 nitrogen and oxygen atoms in total. The highest BCUT2D eigenvalue weighted by Crippen LogP contribution is 2.44. The molecule has 1 rings (SSSR count). The molecule has 0 N–H and O–H groups in total. The Hall–Kier alpha value is -0.920. The van der Waals surface area contributed by atoms with E-state index in [1.165, 1.54) is 5.57 Å². The molecule has 0 aliphatic heterocycles. The molecule has 2 heteroatoms. The van der Waals surface area contributed by atoms with Crippen LogP contribution in [0, 0.1) is 11.3 Å². The van der Waals surface area contributed by atoms with Crippen LogP contribution in [0.25, 0.3) is 0 Å². The average molecular weight is 222 g/mol. The number of ketones is 1. The number of aldehydes is 1. The van der Waals surface area contributed by atoms with E-state index in [9.17, 15) is 9.59 Å². The van der Waals surface area contributed by atoms with E-state index in [-0.39, 0.29) is 11.2 Å². The number of Topliss-reactive ketones (excluding diaryl/α,β-unsaturated/α-hetero) is 1. The lowest BCUT2D eigenvalue weighted by Crippen LogP contribution is -2.34. The summed E-state index contributed by atoms with van der Waals surface area (Å²) in [4.78, 5) is 22.4. The normalized spacial score (nSPS) is 29.7. The first-order valence-electron chi connectivity index (χ1n) is 6.16. The largest absolute Gasteiger partial charge is 0.302 e. The van der Waals surface area contributed by atoms with Crippen molar-refractivity contribution in [2.24, 2.45) is 11.3 Å². The van der Waals surface area contributed by atoms with Crippen molar-refractivity contribution in [3.8, 4) is 0 Å². The summed E-state index contributed by atoms with van der Waals surface area (Å²) >= 11 is 0. The smallest absolute Gasteiger partial charge is 0.130 e. The van der Waals surface area contributed by atoms with Gasteiger partial charge >= 0.3 is 0 Å². The lowest BCUT2D eigenvalue weighted by molar-refractivity contribution is -0.119. The Morgan fingerprint density at radius 2 is 2.31 bits per heavy atom. The Kier molecular flexibility index (Phi) is 4.45. The maximum Gasteiger partial charge on any atom is 0.130 e. The van der Waals surface area contributed by atoms with Crippen molar-refractivity contribution < 1.29 is 9.59 Å². The van der Waals surface area contributed by atoms with Crippen molar-refractivity contribution in [3.05, 3.63) is 11.6 Å². The molecule has 0 aromatic rings. The number of allylic oxidation sites excluding steroid dienone is 2. The number of hydrogen-bond acceptors (Lipinski definition) is 2. The van der Waals surface area contributed by atoms with Crippen LogP contribution < -0.4 is 0 Å². The monoisotopic (exact) mass is 222 g/mol. The molecule has 0 aromatic carbocycles. The molecule has 2 unspecified atom stereocenters. The fourth-order valence-electron chi connectivity index (χ4n) is 2.73. The summed E-state index contributed by atoms with van der Waals surface area (Å²) in [7, 11) is 0. The Bertz CT molecular complexity index is 304. The van der Waals surface area contributed by atoms with Gasteiger partial charge in [0.2, 0.25) is 0 Å². The molecule has 0 saturated heterocycles. The second kappa shape index (κ2) is 5.42. The summed E-state index contributed by atoms with van der Waals surface area (Å²) in [5, 5.41) is 0. The van der Waals surface area contributed by atoms with Crippen LogP contribution in [-0.4, -0.2) is 12.1 Å². The van der Waals surface area contributed by atoms with Crippen LogP contribution in [0.4, 0.5) is 0 Å². The first kappa shape index (κ1) is 13.1. The molecule has 0 saturated carbocycles. The fraction of sp³-hybridized carbons (Fsp3) is 0.714. The van der Waals surface area contributed by atoms with E-state index >= 15 is 0 Å². The molecule has 0 amide bonds. The van der Waals surface area contributed by atoms with Crippen molar-refractivity contribution in [1.82, 2.24) is 0 Å². The summed E-state index contributed by atoms with van der Waals surface area (Å²) in [6, 6.07) is 0. The van der Waals surface area contributed by atoms with E-state index in [4.69, 9.17) is 0 Å². The third kappa shape index (κ3) is 2.60. The van der Waals surface area contributed by atoms with Crippen molar-refractivity contribution in [1.29, 1.82) is 0 Å². The van der Waals surface area contributed by atoms with E-state index in [1.54, 1.807) is 6.92 Å². The zero-order chi connectivity index (χ0) is 12.2. The lowest BCUT2D eigenvalue weighted by atomic mass is 9.64. The summed E-state index contributed by atoms with van der Waals surface area (Å²) in [5.41, 5.74) is 0.901. The quantitative estimate of drug-likeness (QED) is 0.528. The molecule has 0 bridgehead atoms. The van der Waals surface area contributed by atoms with Gasteiger partial charge < -0.3 is 9.59 Å². The number of carbonyl (C=O) groups is 2. The van der Waals surface area contributed by atoms with Crippen molar-refractivity contribution in [2.45, 2.75) is 52.9 Å². The van der Waals surface area contributed by atoms with Gasteiger partial charge in [0.25, 0.3) is 0 Å². The fourth-order valence-corrected chi connectivity index (χ4v) is 2.73. The standard InChI is InChI=1S/C14H22O2/c1-11-6-4-7-12(2)14(11,10-15)9-5-8-13(3)16/h6,10,12H,4-5,7-9H2,1-3H3. The van der Waals surface area contributed by atoms with Gasteiger partial charge in [-0.05, 0) is 45.4 Å². The van der Waals surface area contributed by atoms with E-state index in [0.29, 0.717) is 12.3 Å².